The van der Waals surface area contributed by atoms with Gasteiger partial charge in [-0.2, -0.15) is 0 Å². The second kappa shape index (κ2) is 57.4. The topological polar surface area (TPSA) is 130 Å². The van der Waals surface area contributed by atoms with Gasteiger partial charge in [0.1, 0.15) is 0 Å². The van der Waals surface area contributed by atoms with E-state index in [0.29, 0.717) is 119 Å². The minimum absolute atomic E-state index is 0.379. The van der Waals surface area contributed by atoms with Gasteiger partial charge in [0.15, 0.2) is 23.0 Å². The zero-order valence-electron chi connectivity index (χ0n) is 76.6. The van der Waals surface area contributed by atoms with E-state index in [9.17, 15) is 0 Å². The lowest BCUT2D eigenvalue weighted by Crippen LogP contribution is -2.40. The van der Waals surface area contributed by atoms with Crippen molar-refractivity contribution in [2.45, 2.75) is 427 Å². The SMILES string of the molecule is CCCCCCCCCCCCOc1cc(N2C(=O)c3ccc4c5ccc6c7c(ccc(c8ccc(c3c48)C2=O)c75)C(=O)N(c2cc(OCCCCCCCCCCCC)c(OCCCCCCCCCCCC)c(OCCCCCCCCCCCC)c2)C6=O)cc(OCCCCCCCCCCCC)c1OCCCCCCCCCCCC. The van der Waals surface area contributed by atoms with Gasteiger partial charge in [0.25, 0.3) is 23.6 Å². The normalized spacial score (nSPS) is 12.8. The quantitative estimate of drug-likeness (QED) is 0.0157. The molecule has 2 aliphatic heterocycles. The van der Waals surface area contributed by atoms with Gasteiger partial charge in [0.2, 0.25) is 11.5 Å². The molecule has 0 unspecified atom stereocenters. The third-order valence-electron chi connectivity index (χ3n) is 25.7. The van der Waals surface area contributed by atoms with Gasteiger partial charge in [-0.1, -0.05) is 413 Å². The number of unbranched alkanes of at least 4 members (excludes halogenated alkanes) is 54. The lowest BCUT2D eigenvalue weighted by molar-refractivity contribution is 0.0877. The highest BCUT2D eigenvalue weighted by Crippen LogP contribution is 2.51. The van der Waals surface area contributed by atoms with Crippen molar-refractivity contribution in [3.63, 3.8) is 0 Å². The molecule has 664 valence electrons. The summed E-state index contributed by atoms with van der Waals surface area (Å²) in [7, 11) is 0. The fraction of sp³-hybridized carbons (Fsp3) is 0.667. The van der Waals surface area contributed by atoms with E-state index in [1.807, 2.05) is 72.8 Å². The Hall–Kier alpha value is -7.08. The Balaban J connectivity index is 1.00. The van der Waals surface area contributed by atoms with Crippen molar-refractivity contribution in [1.29, 1.82) is 0 Å². The molecule has 120 heavy (non-hydrogen) atoms. The molecule has 2 aliphatic rings. The summed E-state index contributed by atoms with van der Waals surface area (Å²) in [6.45, 7) is 16.5. The number of carbonyl (C=O) groups is 4. The third-order valence-corrected chi connectivity index (χ3v) is 25.7. The summed E-state index contributed by atoms with van der Waals surface area (Å²) in [5.74, 6) is 1.29. The Morgan fingerprint density at radius 1 is 0.192 bits per heavy atom. The van der Waals surface area contributed by atoms with Crippen LogP contribution in [-0.2, 0) is 0 Å². The molecule has 0 fully saturated rings. The Morgan fingerprint density at radius 2 is 0.350 bits per heavy atom. The van der Waals surface area contributed by atoms with E-state index in [1.54, 1.807) is 0 Å². The molecule has 12 heteroatoms. The van der Waals surface area contributed by atoms with E-state index >= 15 is 19.2 Å². The highest BCUT2D eigenvalue weighted by Gasteiger charge is 2.40. The number of anilines is 2. The molecule has 0 N–H and O–H groups in total. The number of nitrogens with zero attached hydrogens (tertiary/aromatic N) is 2. The molecule has 0 saturated carbocycles. The number of hydrogen-bond acceptors (Lipinski definition) is 10. The van der Waals surface area contributed by atoms with Crippen molar-refractivity contribution in [3.05, 3.63) is 95.1 Å². The minimum Gasteiger partial charge on any atom is -0.489 e. The van der Waals surface area contributed by atoms with E-state index in [0.717, 1.165) is 135 Å². The molecule has 0 atom stereocenters. The maximum atomic E-state index is 15.7. The Kier molecular flexibility index (Phi) is 46.3. The summed E-state index contributed by atoms with van der Waals surface area (Å²) in [4.78, 5) is 65.5. The number of hydrogen-bond donors (Lipinski definition) is 0. The summed E-state index contributed by atoms with van der Waals surface area (Å²) in [5.41, 5.74) is 2.41. The van der Waals surface area contributed by atoms with E-state index in [2.05, 4.69) is 41.5 Å². The first-order chi connectivity index (χ1) is 59.2. The number of fused-ring (bicyclic) bond motifs is 2. The minimum atomic E-state index is -0.433. The Bertz CT molecular complexity index is 3610. The van der Waals surface area contributed by atoms with Crippen molar-refractivity contribution >= 4 is 78.1 Å². The number of ether oxygens (including phenoxy) is 6. The number of rotatable bonds is 74. The van der Waals surface area contributed by atoms with E-state index in [-0.39, 0.29) is 0 Å². The molecule has 0 aliphatic carbocycles. The van der Waals surface area contributed by atoms with Crippen LogP contribution in [0.4, 0.5) is 11.4 Å². The molecule has 0 aromatic heterocycles. The molecule has 7 aromatic rings. The molecule has 0 saturated heterocycles. The molecule has 9 rings (SSSR count). The molecule has 4 amide bonds. The first-order valence-corrected chi connectivity index (χ1v) is 50.3. The van der Waals surface area contributed by atoms with Gasteiger partial charge in [-0.25, -0.2) is 9.80 Å². The summed E-state index contributed by atoms with van der Waals surface area (Å²) >= 11 is 0. The lowest BCUT2D eigenvalue weighted by atomic mass is 9.82. The van der Waals surface area contributed by atoms with Crippen molar-refractivity contribution in [1.82, 2.24) is 0 Å². The van der Waals surface area contributed by atoms with E-state index in [1.165, 1.54) is 292 Å². The number of benzene rings is 7. The van der Waals surface area contributed by atoms with Gasteiger partial charge in [-0.3, -0.25) is 19.2 Å². The maximum absolute atomic E-state index is 15.7. The van der Waals surface area contributed by atoms with Gasteiger partial charge < -0.3 is 28.4 Å². The predicted molar refractivity (Wildman–Crippen MR) is 507 cm³/mol. The van der Waals surface area contributed by atoms with Crippen LogP contribution in [0.3, 0.4) is 0 Å². The summed E-state index contributed by atoms with van der Waals surface area (Å²) in [6.07, 6.45) is 72.5. The van der Waals surface area contributed by atoms with Gasteiger partial charge in [0.05, 0.1) is 51.0 Å². The molecule has 0 radical (unpaired) electrons. The average Bonchev–Trinajstić information content (AvgIpc) is 0.688. The molecule has 0 bridgehead atoms. The lowest BCUT2D eigenvalue weighted by Gasteiger charge is -2.31. The maximum Gasteiger partial charge on any atom is 0.265 e. The monoisotopic (exact) mass is 1650 g/mol. The first kappa shape index (κ1) is 96.7. The van der Waals surface area contributed by atoms with Crippen LogP contribution in [0.2, 0.25) is 0 Å². The van der Waals surface area contributed by atoms with Crippen LogP contribution in [0.5, 0.6) is 34.5 Å². The second-order valence-corrected chi connectivity index (χ2v) is 35.8. The Labute approximate surface area is 727 Å². The van der Waals surface area contributed by atoms with Crippen LogP contribution < -0.4 is 38.2 Å². The largest absolute Gasteiger partial charge is 0.489 e. The average molecular weight is 1650 g/mol. The van der Waals surface area contributed by atoms with Crippen molar-refractivity contribution < 1.29 is 47.6 Å². The van der Waals surface area contributed by atoms with Crippen molar-refractivity contribution in [2.75, 3.05) is 49.4 Å². The van der Waals surface area contributed by atoms with E-state index in [4.69, 9.17) is 28.4 Å². The van der Waals surface area contributed by atoms with Gasteiger partial charge in [-0.15, -0.1) is 0 Å². The fourth-order valence-corrected chi connectivity index (χ4v) is 18.4. The first-order valence-electron chi connectivity index (χ1n) is 50.3. The second-order valence-electron chi connectivity index (χ2n) is 35.8. The van der Waals surface area contributed by atoms with Gasteiger partial charge in [0, 0.05) is 57.3 Å². The number of imide groups is 2. The zero-order valence-corrected chi connectivity index (χ0v) is 76.6. The highest BCUT2D eigenvalue weighted by atomic mass is 16.5. The summed E-state index contributed by atoms with van der Waals surface area (Å²) in [6, 6.07) is 22.7. The molecular weight excluding hydrogens is 1490 g/mol. The van der Waals surface area contributed by atoms with E-state index < -0.39 is 23.6 Å². The molecular formula is C108H162N2O10. The van der Waals surface area contributed by atoms with Crippen LogP contribution in [0.25, 0.3) is 43.1 Å². The standard InChI is InChI=1S/C108H162N2O10/c1-7-13-19-25-31-37-43-49-55-61-75-115-95-81-85(82-96(116-76-62-56-50-44-38-32-26-20-14-8-2)103(95)119-79-65-59-53-47-41-35-29-23-17-11-5)109-105(111)91-71-67-87-89-69-73-93-102-94(74-70-90(100(89)102)88-68-72-92(106(109)112)101(91)99(87)88)108(114)110(107(93)113)86-83-97(117-77-63-57-51-45-39-33-27-21-15-9-3)104(120-80-66-60-54-48-42-36-30-24-18-12-6)98(84-86)118-78-64-58-52-46-40-34-28-22-16-10-4/h67-74,81-84H,7-66,75-80H2,1-6H3. The van der Waals surface area contributed by atoms with Crippen molar-refractivity contribution in [2.24, 2.45) is 0 Å². The number of carbonyl (C=O) groups excluding carboxylic acids is 4. The Morgan fingerprint density at radius 3 is 0.525 bits per heavy atom. The third kappa shape index (κ3) is 30.1. The van der Waals surface area contributed by atoms with Crippen LogP contribution >= 0.6 is 0 Å². The zero-order chi connectivity index (χ0) is 84.4. The van der Waals surface area contributed by atoms with Gasteiger partial charge in [-0.05, 0) is 95.1 Å². The molecule has 7 aromatic carbocycles. The molecule has 0 spiro atoms. The van der Waals surface area contributed by atoms with Crippen LogP contribution in [0.1, 0.15) is 468 Å². The summed E-state index contributed by atoms with van der Waals surface area (Å²) < 4.78 is 41.0. The van der Waals surface area contributed by atoms with Crippen LogP contribution in [-0.4, -0.2) is 63.3 Å². The summed E-state index contributed by atoms with van der Waals surface area (Å²) in [5, 5.41) is 6.08. The number of amides is 4. The molecule has 2 heterocycles. The smallest absolute Gasteiger partial charge is 0.265 e. The molecule has 12 nitrogen and oxygen atoms in total. The fourth-order valence-electron chi connectivity index (χ4n) is 18.4. The van der Waals surface area contributed by atoms with Gasteiger partial charge >= 0.3 is 0 Å². The highest BCUT2D eigenvalue weighted by molar-refractivity contribution is 6.45. The van der Waals surface area contributed by atoms with Crippen LogP contribution in [0, 0.1) is 0 Å². The van der Waals surface area contributed by atoms with Crippen molar-refractivity contribution in [3.8, 4) is 34.5 Å². The van der Waals surface area contributed by atoms with Crippen LogP contribution in [0.15, 0.2) is 72.8 Å². The predicted octanol–water partition coefficient (Wildman–Crippen LogP) is 33.1.